The van der Waals surface area contributed by atoms with Crippen molar-refractivity contribution in [1.82, 2.24) is 14.5 Å². The third kappa shape index (κ3) is 3.13. The number of anilines is 1. The number of nitrogens with one attached hydrogen (secondary N) is 2. The fraction of sp³-hybridized carbons (Fsp3) is 0.238. The number of carbonyl (C=O) groups is 1. The highest BCUT2D eigenvalue weighted by Crippen LogP contribution is 2.27. The lowest BCUT2D eigenvalue weighted by atomic mass is 10.0. The summed E-state index contributed by atoms with van der Waals surface area (Å²) in [5, 5.41) is 3.94. The molecule has 0 aliphatic carbocycles. The van der Waals surface area contributed by atoms with Gasteiger partial charge < -0.3 is 14.9 Å². The molecule has 0 aliphatic heterocycles. The zero-order valence-electron chi connectivity index (χ0n) is 15.8. The van der Waals surface area contributed by atoms with Crippen molar-refractivity contribution in [2.24, 2.45) is 5.92 Å². The van der Waals surface area contributed by atoms with Gasteiger partial charge in [0.05, 0.1) is 17.4 Å². The normalized spacial score (nSPS) is 12.8. The third-order valence-electron chi connectivity index (χ3n) is 4.84. The monoisotopic (exact) mass is 382 g/mol. The van der Waals surface area contributed by atoms with E-state index in [-0.39, 0.29) is 11.8 Å². The molecule has 5 nitrogen and oxygen atoms in total. The fourth-order valence-corrected chi connectivity index (χ4v) is 3.57. The molecule has 0 saturated carbocycles. The molecule has 0 fully saturated rings. The summed E-state index contributed by atoms with van der Waals surface area (Å²) in [6.07, 6.45) is 1.45. The SMILES string of the molecule is Cc1cc2cc(NC(=O)[C@@H](C(C)C)n3cnc4cc(F)c(F)cc43)ccc2[nH]1. The standard InChI is InChI=1S/C21H20F2N4O/c1-11(2)20(27-10-24-18-8-15(22)16(23)9-19(18)27)21(28)26-14-4-5-17-13(7-14)6-12(3)25-17/h4-11,20,25H,1-3H3,(H,26,28)/t20-/m1/s1. The molecule has 4 rings (SSSR count). The molecule has 7 heteroatoms. The molecule has 2 heterocycles. The summed E-state index contributed by atoms with van der Waals surface area (Å²) in [7, 11) is 0. The van der Waals surface area contributed by atoms with Crippen LogP contribution < -0.4 is 5.32 Å². The smallest absolute Gasteiger partial charge is 0.247 e. The third-order valence-corrected chi connectivity index (χ3v) is 4.84. The largest absolute Gasteiger partial charge is 0.359 e. The molecule has 0 radical (unpaired) electrons. The van der Waals surface area contributed by atoms with Gasteiger partial charge in [0.15, 0.2) is 11.6 Å². The van der Waals surface area contributed by atoms with Gasteiger partial charge in [0.1, 0.15) is 6.04 Å². The molecule has 28 heavy (non-hydrogen) atoms. The zero-order valence-corrected chi connectivity index (χ0v) is 15.8. The minimum atomic E-state index is -0.967. The topological polar surface area (TPSA) is 62.7 Å². The van der Waals surface area contributed by atoms with Gasteiger partial charge in [0.25, 0.3) is 0 Å². The lowest BCUT2D eigenvalue weighted by Crippen LogP contribution is -2.29. The summed E-state index contributed by atoms with van der Waals surface area (Å²) < 4.78 is 28.8. The highest BCUT2D eigenvalue weighted by atomic mass is 19.2. The molecule has 4 aromatic rings. The quantitative estimate of drug-likeness (QED) is 0.525. The van der Waals surface area contributed by atoms with E-state index in [0.29, 0.717) is 16.7 Å². The molecule has 0 spiro atoms. The number of hydrogen-bond donors (Lipinski definition) is 2. The number of amides is 1. The minimum Gasteiger partial charge on any atom is -0.359 e. The first kappa shape index (κ1) is 18.2. The van der Waals surface area contributed by atoms with Crippen LogP contribution in [0.1, 0.15) is 25.6 Å². The summed E-state index contributed by atoms with van der Waals surface area (Å²) >= 11 is 0. The van der Waals surface area contributed by atoms with E-state index in [0.717, 1.165) is 28.7 Å². The summed E-state index contributed by atoms with van der Waals surface area (Å²) in [5.74, 6) is -2.27. The molecule has 1 atom stereocenters. The van der Waals surface area contributed by atoms with Crippen molar-refractivity contribution in [2.75, 3.05) is 5.32 Å². The van der Waals surface area contributed by atoms with Gasteiger partial charge in [0.2, 0.25) is 5.91 Å². The number of aryl methyl sites for hydroxylation is 1. The second kappa shape index (κ2) is 6.74. The van der Waals surface area contributed by atoms with E-state index in [4.69, 9.17) is 0 Å². The van der Waals surface area contributed by atoms with Crippen LogP contribution in [0.2, 0.25) is 0 Å². The van der Waals surface area contributed by atoms with Gasteiger partial charge in [-0.3, -0.25) is 4.79 Å². The Morgan fingerprint density at radius 1 is 1.14 bits per heavy atom. The van der Waals surface area contributed by atoms with Crippen LogP contribution in [0.3, 0.4) is 0 Å². The molecule has 144 valence electrons. The molecule has 0 bridgehead atoms. The Bertz CT molecular complexity index is 1190. The lowest BCUT2D eigenvalue weighted by molar-refractivity contribution is -0.120. The predicted octanol–water partition coefficient (Wildman–Crippen LogP) is 4.94. The van der Waals surface area contributed by atoms with E-state index in [1.807, 2.05) is 45.0 Å². The van der Waals surface area contributed by atoms with Crippen molar-refractivity contribution in [1.29, 1.82) is 0 Å². The van der Waals surface area contributed by atoms with E-state index in [1.165, 1.54) is 6.33 Å². The van der Waals surface area contributed by atoms with E-state index >= 15 is 0 Å². The van der Waals surface area contributed by atoms with E-state index in [2.05, 4.69) is 15.3 Å². The number of rotatable bonds is 4. The van der Waals surface area contributed by atoms with Gasteiger partial charge in [0, 0.05) is 34.4 Å². The number of benzene rings is 2. The van der Waals surface area contributed by atoms with Crippen LogP contribution in [-0.2, 0) is 4.79 Å². The Hall–Kier alpha value is -3.22. The van der Waals surface area contributed by atoms with Crippen LogP contribution >= 0.6 is 0 Å². The maximum atomic E-state index is 13.7. The van der Waals surface area contributed by atoms with E-state index in [1.54, 1.807) is 4.57 Å². The predicted molar refractivity (Wildman–Crippen MR) is 105 cm³/mol. The highest BCUT2D eigenvalue weighted by Gasteiger charge is 2.26. The summed E-state index contributed by atoms with van der Waals surface area (Å²) in [4.78, 5) is 20.4. The van der Waals surface area contributed by atoms with E-state index in [9.17, 15) is 13.6 Å². The number of fused-ring (bicyclic) bond motifs is 2. The van der Waals surface area contributed by atoms with Crippen molar-refractivity contribution in [3.63, 3.8) is 0 Å². The second-order valence-electron chi connectivity index (χ2n) is 7.34. The van der Waals surface area contributed by atoms with Crippen LogP contribution in [0.15, 0.2) is 42.7 Å². The number of imidazole rings is 1. The number of H-pyrrole nitrogens is 1. The van der Waals surface area contributed by atoms with Crippen LogP contribution in [0.4, 0.5) is 14.5 Å². The average Bonchev–Trinajstić information content (AvgIpc) is 3.18. The number of nitrogens with zero attached hydrogens (tertiary/aromatic N) is 2. The first-order chi connectivity index (χ1) is 13.3. The molecule has 0 aliphatic rings. The first-order valence-corrected chi connectivity index (χ1v) is 9.05. The fourth-order valence-electron chi connectivity index (χ4n) is 3.57. The van der Waals surface area contributed by atoms with Gasteiger partial charge >= 0.3 is 0 Å². The first-order valence-electron chi connectivity index (χ1n) is 9.05. The van der Waals surface area contributed by atoms with Crippen molar-refractivity contribution in [3.8, 4) is 0 Å². The Labute approximate surface area is 160 Å². The minimum absolute atomic E-state index is 0.0938. The zero-order chi connectivity index (χ0) is 20.0. The summed E-state index contributed by atoms with van der Waals surface area (Å²) in [5.41, 5.74) is 3.39. The molecule has 2 aromatic heterocycles. The molecule has 0 saturated heterocycles. The summed E-state index contributed by atoms with van der Waals surface area (Å²) in [6, 6.07) is 9.13. The Morgan fingerprint density at radius 2 is 1.89 bits per heavy atom. The van der Waals surface area contributed by atoms with Gasteiger partial charge in [-0.25, -0.2) is 13.8 Å². The Kier molecular flexibility index (Phi) is 4.37. The van der Waals surface area contributed by atoms with Crippen LogP contribution in [0, 0.1) is 24.5 Å². The number of hydrogen-bond acceptors (Lipinski definition) is 2. The molecule has 1 amide bonds. The maximum Gasteiger partial charge on any atom is 0.247 e. The van der Waals surface area contributed by atoms with Crippen molar-refractivity contribution < 1.29 is 13.6 Å². The maximum absolute atomic E-state index is 13.7. The van der Waals surface area contributed by atoms with Crippen LogP contribution in [-0.4, -0.2) is 20.4 Å². The molecule has 2 aromatic carbocycles. The lowest BCUT2D eigenvalue weighted by Gasteiger charge is -2.22. The van der Waals surface area contributed by atoms with Crippen molar-refractivity contribution >= 4 is 33.5 Å². The Balaban J connectivity index is 1.69. The number of aromatic nitrogens is 3. The second-order valence-corrected chi connectivity index (χ2v) is 7.34. The molecule has 0 unspecified atom stereocenters. The van der Waals surface area contributed by atoms with E-state index < -0.39 is 17.7 Å². The van der Waals surface area contributed by atoms with Gasteiger partial charge in [-0.15, -0.1) is 0 Å². The van der Waals surface area contributed by atoms with Crippen molar-refractivity contribution in [3.05, 3.63) is 60.1 Å². The average molecular weight is 382 g/mol. The summed E-state index contributed by atoms with van der Waals surface area (Å²) in [6.45, 7) is 5.77. The molecule has 2 N–H and O–H groups in total. The highest BCUT2D eigenvalue weighted by molar-refractivity contribution is 5.97. The Morgan fingerprint density at radius 3 is 2.64 bits per heavy atom. The van der Waals surface area contributed by atoms with Crippen LogP contribution in [0.25, 0.3) is 21.9 Å². The number of carbonyl (C=O) groups excluding carboxylic acids is 1. The van der Waals surface area contributed by atoms with Gasteiger partial charge in [-0.1, -0.05) is 13.8 Å². The molecular weight excluding hydrogens is 362 g/mol. The van der Waals surface area contributed by atoms with Gasteiger partial charge in [-0.05, 0) is 37.1 Å². The van der Waals surface area contributed by atoms with Crippen LogP contribution in [0.5, 0.6) is 0 Å². The van der Waals surface area contributed by atoms with Gasteiger partial charge in [-0.2, -0.15) is 0 Å². The van der Waals surface area contributed by atoms with Crippen molar-refractivity contribution in [2.45, 2.75) is 26.8 Å². The number of halogens is 2. The molecular formula is C21H20F2N4O. The number of aromatic amines is 1.